The summed E-state index contributed by atoms with van der Waals surface area (Å²) in [5, 5.41) is 10.5. The highest BCUT2D eigenvalue weighted by Gasteiger charge is 2.24. The monoisotopic (exact) mass is 382 g/mol. The van der Waals surface area contributed by atoms with E-state index in [1.54, 1.807) is 60.7 Å². The summed E-state index contributed by atoms with van der Waals surface area (Å²) in [5.74, 6) is -0.879. The second-order valence-electron chi connectivity index (χ2n) is 6.67. The highest BCUT2D eigenvalue weighted by atomic mass is 16.3. The van der Waals surface area contributed by atoms with E-state index >= 15 is 0 Å². The van der Waals surface area contributed by atoms with Crippen LogP contribution in [0.2, 0.25) is 0 Å². The lowest BCUT2D eigenvalue weighted by Gasteiger charge is -2.15. The van der Waals surface area contributed by atoms with E-state index in [0.717, 1.165) is 5.56 Å². The molecule has 0 bridgehead atoms. The number of aryl methyl sites for hydroxylation is 1. The van der Waals surface area contributed by atoms with Gasteiger partial charge in [-0.3, -0.25) is 14.2 Å². The molecule has 0 amide bonds. The Morgan fingerprint density at radius 3 is 2.07 bits per heavy atom. The number of carbonyl (C=O) groups excluding carboxylic acids is 1. The van der Waals surface area contributed by atoms with Crippen molar-refractivity contribution < 1.29 is 9.90 Å². The summed E-state index contributed by atoms with van der Waals surface area (Å²) in [6.45, 7) is 1.91. The molecule has 0 atom stereocenters. The molecule has 1 N–H and O–H groups in total. The second-order valence-corrected chi connectivity index (χ2v) is 6.67. The van der Waals surface area contributed by atoms with E-state index in [0.29, 0.717) is 16.8 Å². The van der Waals surface area contributed by atoms with Crippen molar-refractivity contribution in [1.29, 1.82) is 0 Å². The van der Waals surface area contributed by atoms with Gasteiger partial charge in [-0.1, -0.05) is 78.4 Å². The van der Waals surface area contributed by atoms with Crippen LogP contribution < -0.4 is 5.56 Å². The number of hydrogen-bond donors (Lipinski definition) is 1. The minimum absolute atomic E-state index is 0.264. The summed E-state index contributed by atoms with van der Waals surface area (Å²) in [7, 11) is 0. The molecule has 0 unspecified atom stereocenters. The van der Waals surface area contributed by atoms with Crippen LogP contribution in [0.25, 0.3) is 17.1 Å². The molecule has 0 aliphatic carbocycles. The minimum Gasteiger partial charge on any atom is -0.493 e. The zero-order valence-corrected chi connectivity index (χ0v) is 15.7. The maximum absolute atomic E-state index is 13.4. The van der Waals surface area contributed by atoms with Crippen molar-refractivity contribution in [1.82, 2.24) is 9.55 Å². The molecule has 0 fully saturated rings. The average molecular weight is 382 g/mol. The van der Waals surface area contributed by atoms with Crippen molar-refractivity contribution in [3.8, 4) is 23.0 Å². The molecule has 1 aromatic heterocycles. The van der Waals surface area contributed by atoms with Gasteiger partial charge in [-0.25, -0.2) is 0 Å². The predicted octanol–water partition coefficient (Wildman–Crippen LogP) is 4.14. The van der Waals surface area contributed by atoms with Crippen LogP contribution in [0.5, 0.6) is 5.88 Å². The maximum Gasteiger partial charge on any atom is 0.273 e. The number of benzene rings is 3. The lowest BCUT2D eigenvalue weighted by atomic mass is 10.0. The molecule has 0 aliphatic heterocycles. The van der Waals surface area contributed by atoms with Crippen LogP contribution in [-0.4, -0.2) is 20.4 Å². The third-order valence-corrected chi connectivity index (χ3v) is 4.65. The smallest absolute Gasteiger partial charge is 0.273 e. The molecule has 5 heteroatoms. The molecule has 1 heterocycles. The summed E-state index contributed by atoms with van der Waals surface area (Å²) in [5.41, 5.74) is 1.55. The molecule has 3 aromatic carbocycles. The number of aromatic hydroxyl groups is 1. The lowest BCUT2D eigenvalue weighted by molar-refractivity contribution is 0.103. The van der Waals surface area contributed by atoms with Gasteiger partial charge >= 0.3 is 0 Å². The van der Waals surface area contributed by atoms with Crippen LogP contribution in [0.15, 0.2) is 89.7 Å². The number of aromatic nitrogens is 2. The number of para-hydroxylation sites is 1. The SMILES string of the molecule is Cc1ccc(C(=O)c2c(O)nc(-c3ccccc3)n(-c3ccccc3)c2=O)cc1. The Morgan fingerprint density at radius 2 is 1.45 bits per heavy atom. The normalized spacial score (nSPS) is 10.7. The molecular weight excluding hydrogens is 364 g/mol. The number of nitrogens with zero attached hydrogens (tertiary/aromatic N) is 2. The van der Waals surface area contributed by atoms with Crippen LogP contribution >= 0.6 is 0 Å². The number of carbonyl (C=O) groups is 1. The third kappa shape index (κ3) is 3.46. The lowest BCUT2D eigenvalue weighted by Crippen LogP contribution is -2.28. The second kappa shape index (κ2) is 7.56. The fourth-order valence-corrected chi connectivity index (χ4v) is 3.16. The predicted molar refractivity (Wildman–Crippen MR) is 112 cm³/mol. The topological polar surface area (TPSA) is 72.2 Å². The highest BCUT2D eigenvalue weighted by molar-refractivity contribution is 6.10. The molecule has 0 spiro atoms. The van der Waals surface area contributed by atoms with Crippen molar-refractivity contribution in [3.63, 3.8) is 0 Å². The summed E-state index contributed by atoms with van der Waals surface area (Å²) in [6.07, 6.45) is 0. The summed E-state index contributed by atoms with van der Waals surface area (Å²) < 4.78 is 1.36. The first kappa shape index (κ1) is 18.4. The van der Waals surface area contributed by atoms with Crippen LogP contribution in [0.3, 0.4) is 0 Å². The number of ketones is 1. The molecule has 0 saturated carbocycles. The highest BCUT2D eigenvalue weighted by Crippen LogP contribution is 2.24. The Labute approximate surface area is 167 Å². The molecule has 5 nitrogen and oxygen atoms in total. The first-order valence-corrected chi connectivity index (χ1v) is 9.14. The van der Waals surface area contributed by atoms with Crippen molar-refractivity contribution in [3.05, 3.63) is 112 Å². The van der Waals surface area contributed by atoms with Gasteiger partial charge in [-0.2, -0.15) is 4.98 Å². The van der Waals surface area contributed by atoms with Crippen molar-refractivity contribution in [2.24, 2.45) is 0 Å². The Bertz CT molecular complexity index is 1230. The van der Waals surface area contributed by atoms with Crippen LogP contribution in [-0.2, 0) is 0 Å². The molecule has 4 rings (SSSR count). The van der Waals surface area contributed by atoms with Crippen molar-refractivity contribution >= 4 is 5.78 Å². The van der Waals surface area contributed by atoms with Crippen molar-refractivity contribution in [2.45, 2.75) is 6.92 Å². The summed E-state index contributed by atoms with van der Waals surface area (Å²) in [4.78, 5) is 30.7. The van der Waals surface area contributed by atoms with Gasteiger partial charge in [0.05, 0.1) is 5.69 Å². The average Bonchev–Trinajstić information content (AvgIpc) is 2.75. The molecule has 4 aromatic rings. The first-order valence-electron chi connectivity index (χ1n) is 9.14. The van der Waals surface area contributed by atoms with Crippen molar-refractivity contribution in [2.75, 3.05) is 0 Å². The van der Waals surface area contributed by atoms with Crippen LogP contribution in [0.1, 0.15) is 21.5 Å². The van der Waals surface area contributed by atoms with E-state index in [1.807, 2.05) is 31.2 Å². The zero-order valence-electron chi connectivity index (χ0n) is 15.7. The Balaban J connectivity index is 1.99. The van der Waals surface area contributed by atoms with Crippen LogP contribution in [0.4, 0.5) is 0 Å². The van der Waals surface area contributed by atoms with E-state index in [4.69, 9.17) is 0 Å². The van der Waals surface area contributed by atoms with Crippen LogP contribution in [0, 0.1) is 6.92 Å². The molecule has 0 radical (unpaired) electrons. The largest absolute Gasteiger partial charge is 0.493 e. The van der Waals surface area contributed by atoms with Gasteiger partial charge in [-0.15, -0.1) is 0 Å². The van der Waals surface area contributed by atoms with Gasteiger partial charge in [0.25, 0.3) is 5.56 Å². The fraction of sp³-hybridized carbons (Fsp3) is 0.0417. The van der Waals surface area contributed by atoms with E-state index in [1.165, 1.54) is 4.57 Å². The van der Waals surface area contributed by atoms with Gasteiger partial charge in [0, 0.05) is 11.1 Å². The number of hydrogen-bond acceptors (Lipinski definition) is 4. The van der Waals surface area contributed by atoms with Gasteiger partial charge in [-0.05, 0) is 19.1 Å². The maximum atomic E-state index is 13.4. The third-order valence-electron chi connectivity index (χ3n) is 4.65. The standard InChI is InChI=1S/C24H18N2O3/c1-16-12-14-17(15-13-16)21(27)20-23(28)25-22(18-8-4-2-5-9-18)26(24(20)29)19-10-6-3-7-11-19/h2-15,28H,1H3. The van der Waals surface area contributed by atoms with E-state index in [-0.39, 0.29) is 11.4 Å². The molecule has 142 valence electrons. The Morgan fingerprint density at radius 1 is 0.862 bits per heavy atom. The van der Waals surface area contributed by atoms with E-state index in [9.17, 15) is 14.7 Å². The Kier molecular flexibility index (Phi) is 4.79. The van der Waals surface area contributed by atoms with E-state index < -0.39 is 17.2 Å². The van der Waals surface area contributed by atoms with Gasteiger partial charge in [0.15, 0.2) is 11.4 Å². The summed E-state index contributed by atoms with van der Waals surface area (Å²) in [6, 6.07) is 24.9. The Hall–Kier alpha value is -3.99. The summed E-state index contributed by atoms with van der Waals surface area (Å²) >= 11 is 0. The molecule has 29 heavy (non-hydrogen) atoms. The zero-order chi connectivity index (χ0) is 20.4. The van der Waals surface area contributed by atoms with Gasteiger partial charge in [0.1, 0.15) is 0 Å². The first-order chi connectivity index (χ1) is 14.1. The van der Waals surface area contributed by atoms with Gasteiger partial charge in [0.2, 0.25) is 11.7 Å². The minimum atomic E-state index is -0.617. The van der Waals surface area contributed by atoms with E-state index in [2.05, 4.69) is 4.98 Å². The molecular formula is C24H18N2O3. The molecule has 0 saturated heterocycles. The number of rotatable bonds is 4. The fourth-order valence-electron chi connectivity index (χ4n) is 3.16. The quantitative estimate of drug-likeness (QED) is 0.538. The van der Waals surface area contributed by atoms with Gasteiger partial charge < -0.3 is 5.11 Å². The molecule has 0 aliphatic rings.